The lowest BCUT2D eigenvalue weighted by molar-refractivity contribution is -0.137. The van der Waals surface area contributed by atoms with Crippen LogP contribution in [0.4, 0.5) is 13.2 Å². The third-order valence-electron chi connectivity index (χ3n) is 4.88. The van der Waals surface area contributed by atoms with Crippen LogP contribution in [0.1, 0.15) is 42.9 Å². The molecule has 1 aromatic carbocycles. The van der Waals surface area contributed by atoms with E-state index < -0.39 is 17.8 Å². The molecule has 3 nitrogen and oxygen atoms in total. The Morgan fingerprint density at radius 3 is 2.57 bits per heavy atom. The van der Waals surface area contributed by atoms with Gasteiger partial charge in [0.05, 0.1) is 24.4 Å². The van der Waals surface area contributed by atoms with Gasteiger partial charge in [0, 0.05) is 19.1 Å². The molecule has 1 aliphatic heterocycles. The molecule has 2 fully saturated rings. The molecular formula is C17H22F3NO2. The number of hydrogen-bond donors (Lipinski definition) is 1. The van der Waals surface area contributed by atoms with Gasteiger partial charge in [-0.3, -0.25) is 4.90 Å². The average Bonchev–Trinajstić information content (AvgIpc) is 2.54. The number of alkyl halides is 3. The minimum absolute atomic E-state index is 0.234. The molecule has 2 aliphatic rings. The topological polar surface area (TPSA) is 32.7 Å². The van der Waals surface area contributed by atoms with Gasteiger partial charge in [-0.15, -0.1) is 0 Å². The van der Waals surface area contributed by atoms with Gasteiger partial charge in [0.25, 0.3) is 0 Å². The van der Waals surface area contributed by atoms with Gasteiger partial charge >= 0.3 is 6.18 Å². The number of morpholine rings is 1. The van der Waals surface area contributed by atoms with Crippen molar-refractivity contribution >= 4 is 0 Å². The van der Waals surface area contributed by atoms with Crippen LogP contribution in [0.5, 0.6) is 0 Å². The Morgan fingerprint density at radius 1 is 1.17 bits per heavy atom. The smallest absolute Gasteiger partial charge is 0.387 e. The van der Waals surface area contributed by atoms with E-state index in [9.17, 15) is 18.3 Å². The molecule has 1 saturated heterocycles. The van der Waals surface area contributed by atoms with Crippen LogP contribution >= 0.6 is 0 Å². The van der Waals surface area contributed by atoms with Gasteiger partial charge in [0.15, 0.2) is 0 Å². The predicted molar refractivity (Wildman–Crippen MR) is 80.0 cm³/mol. The van der Waals surface area contributed by atoms with Crippen molar-refractivity contribution in [2.45, 2.75) is 50.1 Å². The molecular weight excluding hydrogens is 307 g/mol. The van der Waals surface area contributed by atoms with Crippen LogP contribution in [0.25, 0.3) is 0 Å². The molecule has 1 saturated carbocycles. The van der Waals surface area contributed by atoms with Crippen molar-refractivity contribution in [1.29, 1.82) is 0 Å². The molecule has 0 unspecified atom stereocenters. The number of β-amino-alcohol motifs (C(OH)–C–C–N with tert-alkyl or cyclic N) is 1. The summed E-state index contributed by atoms with van der Waals surface area (Å²) in [6.07, 6.45) is -0.436. The molecule has 128 valence electrons. The summed E-state index contributed by atoms with van der Waals surface area (Å²) >= 11 is 0. The second-order valence-corrected chi connectivity index (χ2v) is 6.39. The minimum atomic E-state index is -4.34. The normalized spacial score (nSPS) is 27.5. The highest BCUT2D eigenvalue weighted by molar-refractivity contribution is 5.26. The van der Waals surface area contributed by atoms with Gasteiger partial charge < -0.3 is 9.84 Å². The number of fused-ring (bicyclic) bond motifs is 1. The van der Waals surface area contributed by atoms with Crippen molar-refractivity contribution < 1.29 is 23.0 Å². The van der Waals surface area contributed by atoms with Crippen molar-refractivity contribution in [3.8, 4) is 0 Å². The molecule has 0 radical (unpaired) electrons. The van der Waals surface area contributed by atoms with Gasteiger partial charge in [0.1, 0.15) is 0 Å². The van der Waals surface area contributed by atoms with E-state index in [2.05, 4.69) is 4.90 Å². The van der Waals surface area contributed by atoms with Gasteiger partial charge in [-0.1, -0.05) is 25.0 Å². The Labute approximate surface area is 134 Å². The fraction of sp³-hybridized carbons (Fsp3) is 0.647. The van der Waals surface area contributed by atoms with Crippen molar-refractivity contribution in [2.75, 3.05) is 19.7 Å². The molecule has 0 aromatic heterocycles. The lowest BCUT2D eigenvalue weighted by Crippen LogP contribution is -2.53. The maximum atomic E-state index is 12.6. The zero-order valence-corrected chi connectivity index (χ0v) is 12.9. The first kappa shape index (κ1) is 16.7. The van der Waals surface area contributed by atoms with E-state index >= 15 is 0 Å². The lowest BCUT2D eigenvalue weighted by atomic mass is 9.89. The summed E-state index contributed by atoms with van der Waals surface area (Å²) in [7, 11) is 0. The largest absolute Gasteiger partial charge is 0.416 e. The number of rotatable bonds is 3. The zero-order chi connectivity index (χ0) is 16.4. The summed E-state index contributed by atoms with van der Waals surface area (Å²) in [6, 6.07) is 5.11. The molecule has 1 N–H and O–H groups in total. The highest BCUT2D eigenvalue weighted by Crippen LogP contribution is 2.32. The Bertz CT molecular complexity index is 516. The Hall–Kier alpha value is -1.11. The molecule has 23 heavy (non-hydrogen) atoms. The first-order valence-electron chi connectivity index (χ1n) is 8.16. The third-order valence-corrected chi connectivity index (χ3v) is 4.88. The molecule has 1 aromatic rings. The van der Waals surface area contributed by atoms with E-state index in [1.165, 1.54) is 18.6 Å². The molecule has 3 atom stereocenters. The average molecular weight is 329 g/mol. The van der Waals surface area contributed by atoms with Crippen LogP contribution in [-0.4, -0.2) is 41.8 Å². The highest BCUT2D eigenvalue weighted by atomic mass is 19.4. The van der Waals surface area contributed by atoms with E-state index in [4.69, 9.17) is 4.74 Å². The minimum Gasteiger partial charge on any atom is -0.387 e. The predicted octanol–water partition coefficient (Wildman–Crippen LogP) is 3.38. The Kier molecular flexibility index (Phi) is 4.94. The first-order valence-corrected chi connectivity index (χ1v) is 8.16. The molecule has 6 heteroatoms. The quantitative estimate of drug-likeness (QED) is 0.923. The van der Waals surface area contributed by atoms with E-state index in [1.54, 1.807) is 0 Å². The van der Waals surface area contributed by atoms with Crippen molar-refractivity contribution in [3.63, 3.8) is 0 Å². The van der Waals surface area contributed by atoms with Crippen LogP contribution in [0.3, 0.4) is 0 Å². The first-order chi connectivity index (χ1) is 10.9. The van der Waals surface area contributed by atoms with Crippen molar-refractivity contribution in [1.82, 2.24) is 4.90 Å². The van der Waals surface area contributed by atoms with E-state index in [-0.39, 0.29) is 6.10 Å². The number of aliphatic hydroxyl groups is 1. The Balaban J connectivity index is 1.65. The van der Waals surface area contributed by atoms with Crippen LogP contribution in [0, 0.1) is 0 Å². The number of ether oxygens (including phenoxy) is 1. The monoisotopic (exact) mass is 329 g/mol. The fourth-order valence-corrected chi connectivity index (χ4v) is 3.63. The lowest BCUT2D eigenvalue weighted by Gasteiger charge is -2.44. The van der Waals surface area contributed by atoms with Gasteiger partial charge in [-0.05, 0) is 30.5 Å². The van der Waals surface area contributed by atoms with Gasteiger partial charge in [-0.2, -0.15) is 13.2 Å². The van der Waals surface area contributed by atoms with E-state index in [1.807, 2.05) is 0 Å². The van der Waals surface area contributed by atoms with Crippen LogP contribution < -0.4 is 0 Å². The maximum Gasteiger partial charge on any atom is 0.416 e. The molecule has 0 bridgehead atoms. The maximum absolute atomic E-state index is 12.6. The summed E-state index contributed by atoms with van der Waals surface area (Å²) in [5, 5.41) is 10.4. The summed E-state index contributed by atoms with van der Waals surface area (Å²) < 4.78 is 43.6. The summed E-state index contributed by atoms with van der Waals surface area (Å²) in [4.78, 5) is 2.23. The number of benzene rings is 1. The molecule has 0 amide bonds. The van der Waals surface area contributed by atoms with Crippen LogP contribution in [-0.2, 0) is 10.9 Å². The Morgan fingerprint density at radius 2 is 1.87 bits per heavy atom. The van der Waals surface area contributed by atoms with Crippen LogP contribution in [0.2, 0.25) is 0 Å². The second-order valence-electron chi connectivity index (χ2n) is 6.39. The van der Waals surface area contributed by atoms with Crippen molar-refractivity contribution in [2.24, 2.45) is 0 Å². The van der Waals surface area contributed by atoms with Gasteiger partial charge in [0.2, 0.25) is 0 Å². The highest BCUT2D eigenvalue weighted by Gasteiger charge is 2.35. The van der Waals surface area contributed by atoms with Gasteiger partial charge in [-0.25, -0.2) is 0 Å². The third kappa shape index (κ3) is 3.87. The molecule has 1 heterocycles. The number of halogens is 3. The fourth-order valence-electron chi connectivity index (χ4n) is 3.63. The number of aliphatic hydroxyl groups excluding tert-OH is 1. The number of hydrogen-bond acceptors (Lipinski definition) is 3. The SMILES string of the molecule is O[C@H](CN1CCO[C@@H]2CCCC[C@@H]21)c1ccc(C(F)(F)F)cc1. The number of nitrogens with zero attached hydrogens (tertiary/aromatic N) is 1. The molecule has 0 spiro atoms. The molecule has 3 rings (SSSR count). The summed E-state index contributed by atoms with van der Waals surface area (Å²) in [6.45, 7) is 1.86. The van der Waals surface area contributed by atoms with E-state index in [0.29, 0.717) is 24.8 Å². The standard InChI is InChI=1S/C17H22F3NO2/c18-17(19,20)13-7-5-12(6-8-13)15(22)11-21-9-10-23-16-4-2-1-3-14(16)21/h5-8,14-16,22H,1-4,9-11H2/t14-,15+,16+/m0/s1. The zero-order valence-electron chi connectivity index (χ0n) is 12.9. The van der Waals surface area contributed by atoms with Crippen molar-refractivity contribution in [3.05, 3.63) is 35.4 Å². The van der Waals surface area contributed by atoms with E-state index in [0.717, 1.165) is 37.9 Å². The van der Waals surface area contributed by atoms with Crippen LogP contribution in [0.15, 0.2) is 24.3 Å². The molecule has 1 aliphatic carbocycles. The second kappa shape index (κ2) is 6.79. The summed E-state index contributed by atoms with van der Waals surface area (Å²) in [5.41, 5.74) is -0.163. The summed E-state index contributed by atoms with van der Waals surface area (Å²) in [5.74, 6) is 0.